The van der Waals surface area contributed by atoms with Gasteiger partial charge in [0.2, 0.25) is 0 Å². The van der Waals surface area contributed by atoms with Crippen LogP contribution in [-0.4, -0.2) is 28.3 Å². The molecule has 102 valence electrons. The minimum Gasteiger partial charge on any atom is -0.370 e. The van der Waals surface area contributed by atoms with Gasteiger partial charge in [0.05, 0.1) is 5.69 Å². The Hall–Kier alpha value is -0.870. The molecule has 0 aliphatic heterocycles. The van der Waals surface area contributed by atoms with Crippen molar-refractivity contribution in [1.82, 2.24) is 9.78 Å². The lowest BCUT2D eigenvalue weighted by Crippen LogP contribution is -2.31. The summed E-state index contributed by atoms with van der Waals surface area (Å²) in [6.45, 7) is 8.25. The maximum Gasteiger partial charge on any atom is 0.166 e. The second-order valence-electron chi connectivity index (χ2n) is 4.74. The first-order valence-electron chi connectivity index (χ1n) is 6.20. The van der Waals surface area contributed by atoms with Crippen molar-refractivity contribution in [2.75, 3.05) is 6.61 Å². The monoisotopic (exact) mass is 272 g/mol. The molecular formula is C13H21ClN2O2. The number of halogens is 1. The predicted octanol–water partition coefficient (Wildman–Crippen LogP) is 2.55. The van der Waals surface area contributed by atoms with Gasteiger partial charge in [0.15, 0.2) is 5.78 Å². The number of hydrogen-bond donors (Lipinski definition) is 0. The molecule has 0 fully saturated rings. The third-order valence-corrected chi connectivity index (χ3v) is 3.36. The van der Waals surface area contributed by atoms with Gasteiger partial charge in [-0.05, 0) is 19.8 Å². The van der Waals surface area contributed by atoms with Crippen LogP contribution in [-0.2, 0) is 23.0 Å². The van der Waals surface area contributed by atoms with Crippen molar-refractivity contribution >= 4 is 17.4 Å². The Labute approximate surface area is 113 Å². The number of hydrogen-bond acceptors (Lipinski definition) is 3. The summed E-state index contributed by atoms with van der Waals surface area (Å²) >= 11 is 6.13. The predicted molar refractivity (Wildman–Crippen MR) is 71.9 cm³/mol. The van der Waals surface area contributed by atoms with Crippen LogP contribution >= 0.6 is 11.6 Å². The van der Waals surface area contributed by atoms with E-state index in [-0.39, 0.29) is 24.2 Å². The lowest BCUT2D eigenvalue weighted by Gasteiger charge is -2.19. The second-order valence-corrected chi connectivity index (χ2v) is 5.10. The Kier molecular flexibility index (Phi) is 5.35. The van der Waals surface area contributed by atoms with Gasteiger partial charge in [-0.15, -0.1) is 0 Å². The van der Waals surface area contributed by atoms with E-state index < -0.39 is 0 Å². The number of carbonyl (C=O) groups excluding carboxylic acids is 1. The molecule has 1 aromatic heterocycles. The number of ketones is 1. The normalized spacial score (nSPS) is 13.1. The Morgan fingerprint density at radius 2 is 2.11 bits per heavy atom. The van der Waals surface area contributed by atoms with Gasteiger partial charge < -0.3 is 4.74 Å². The lowest BCUT2D eigenvalue weighted by molar-refractivity contribution is -0.132. The zero-order valence-electron chi connectivity index (χ0n) is 11.7. The molecular weight excluding hydrogens is 252 g/mol. The molecule has 0 spiro atoms. The van der Waals surface area contributed by atoms with Crippen LogP contribution < -0.4 is 0 Å². The molecule has 1 atom stereocenters. The highest BCUT2D eigenvalue weighted by Gasteiger charge is 2.25. The summed E-state index contributed by atoms with van der Waals surface area (Å²) in [5, 5.41) is 4.73. The van der Waals surface area contributed by atoms with E-state index in [1.165, 1.54) is 0 Å². The zero-order valence-corrected chi connectivity index (χ0v) is 12.4. The van der Waals surface area contributed by atoms with Gasteiger partial charge >= 0.3 is 0 Å². The smallest absolute Gasteiger partial charge is 0.166 e. The molecule has 0 radical (unpaired) electrons. The van der Waals surface area contributed by atoms with Crippen molar-refractivity contribution in [2.45, 2.75) is 40.2 Å². The number of aromatic nitrogens is 2. The molecule has 1 unspecified atom stereocenters. The standard InChI is InChI=1S/C13H21ClN2O2/c1-6-18-12(8(2)3)11(17)7-10-9(4)15-16(5)13(10)14/h8,12H,6-7H2,1-5H3. The molecule has 0 saturated heterocycles. The van der Waals surface area contributed by atoms with Crippen molar-refractivity contribution in [3.63, 3.8) is 0 Å². The number of ether oxygens (including phenoxy) is 1. The van der Waals surface area contributed by atoms with Crippen LogP contribution in [0.15, 0.2) is 0 Å². The van der Waals surface area contributed by atoms with E-state index in [1.807, 2.05) is 27.7 Å². The van der Waals surface area contributed by atoms with Crippen LogP contribution in [0.3, 0.4) is 0 Å². The van der Waals surface area contributed by atoms with Crippen LogP contribution in [0.1, 0.15) is 32.0 Å². The third kappa shape index (κ3) is 3.33. The summed E-state index contributed by atoms with van der Waals surface area (Å²) in [6, 6.07) is 0. The molecule has 18 heavy (non-hydrogen) atoms. The summed E-state index contributed by atoms with van der Waals surface area (Å²) in [5.74, 6) is 0.220. The molecule has 0 aromatic carbocycles. The van der Waals surface area contributed by atoms with Crippen molar-refractivity contribution in [3.05, 3.63) is 16.4 Å². The SMILES string of the molecule is CCOC(C(=O)Cc1c(C)nn(C)c1Cl)C(C)C. The van der Waals surface area contributed by atoms with E-state index in [0.29, 0.717) is 11.8 Å². The molecule has 0 amide bonds. The van der Waals surface area contributed by atoms with Crippen LogP contribution in [0.5, 0.6) is 0 Å². The van der Waals surface area contributed by atoms with Gasteiger partial charge in [0.25, 0.3) is 0 Å². The molecule has 0 bridgehead atoms. The fourth-order valence-electron chi connectivity index (χ4n) is 1.99. The van der Waals surface area contributed by atoms with Gasteiger partial charge in [-0.25, -0.2) is 0 Å². The van der Waals surface area contributed by atoms with E-state index in [4.69, 9.17) is 16.3 Å². The van der Waals surface area contributed by atoms with Crippen molar-refractivity contribution < 1.29 is 9.53 Å². The molecule has 0 aliphatic carbocycles. The molecule has 0 N–H and O–H groups in total. The summed E-state index contributed by atoms with van der Waals surface area (Å²) in [4.78, 5) is 12.2. The molecule has 1 heterocycles. The van der Waals surface area contributed by atoms with E-state index in [9.17, 15) is 4.79 Å². The summed E-state index contributed by atoms with van der Waals surface area (Å²) in [5.41, 5.74) is 1.60. The summed E-state index contributed by atoms with van der Waals surface area (Å²) in [7, 11) is 1.77. The first kappa shape index (κ1) is 15.2. The molecule has 0 aliphatic rings. The maximum absolute atomic E-state index is 12.2. The van der Waals surface area contributed by atoms with E-state index >= 15 is 0 Å². The average Bonchev–Trinajstić information content (AvgIpc) is 2.52. The molecule has 1 aromatic rings. The molecule has 0 saturated carbocycles. The van der Waals surface area contributed by atoms with Gasteiger partial charge in [0, 0.05) is 25.6 Å². The second kappa shape index (κ2) is 6.34. The first-order chi connectivity index (χ1) is 8.38. The highest BCUT2D eigenvalue weighted by atomic mass is 35.5. The Morgan fingerprint density at radius 1 is 1.50 bits per heavy atom. The average molecular weight is 273 g/mol. The first-order valence-corrected chi connectivity index (χ1v) is 6.58. The van der Waals surface area contributed by atoms with Gasteiger partial charge in [-0.3, -0.25) is 9.48 Å². The highest BCUT2D eigenvalue weighted by Crippen LogP contribution is 2.21. The zero-order chi connectivity index (χ0) is 13.9. The number of aryl methyl sites for hydroxylation is 2. The largest absolute Gasteiger partial charge is 0.370 e. The maximum atomic E-state index is 12.2. The van der Waals surface area contributed by atoms with Gasteiger partial charge in [0.1, 0.15) is 11.3 Å². The number of Topliss-reactive ketones (excluding diaryl/α,β-unsaturated/α-hetero) is 1. The Bertz CT molecular complexity index is 427. The van der Waals surface area contributed by atoms with E-state index in [2.05, 4.69) is 5.10 Å². The van der Waals surface area contributed by atoms with Crippen LogP contribution in [0.4, 0.5) is 0 Å². The number of rotatable bonds is 6. The quantitative estimate of drug-likeness (QED) is 0.799. The Morgan fingerprint density at radius 3 is 2.50 bits per heavy atom. The fraction of sp³-hybridized carbons (Fsp3) is 0.692. The Balaban J connectivity index is 2.85. The lowest BCUT2D eigenvalue weighted by atomic mass is 9.98. The third-order valence-electron chi connectivity index (χ3n) is 2.89. The molecule has 5 heteroatoms. The number of carbonyl (C=O) groups is 1. The molecule has 4 nitrogen and oxygen atoms in total. The van der Waals surface area contributed by atoms with Gasteiger partial charge in [-0.1, -0.05) is 25.4 Å². The van der Waals surface area contributed by atoms with Crippen LogP contribution in [0, 0.1) is 12.8 Å². The van der Waals surface area contributed by atoms with Crippen LogP contribution in [0.2, 0.25) is 5.15 Å². The summed E-state index contributed by atoms with van der Waals surface area (Å²) < 4.78 is 7.09. The fourth-order valence-corrected chi connectivity index (χ4v) is 2.23. The van der Waals surface area contributed by atoms with Crippen molar-refractivity contribution in [3.8, 4) is 0 Å². The molecule has 1 rings (SSSR count). The topological polar surface area (TPSA) is 44.1 Å². The minimum atomic E-state index is -0.370. The van der Waals surface area contributed by atoms with Crippen molar-refractivity contribution in [1.29, 1.82) is 0 Å². The minimum absolute atomic E-state index is 0.0600. The van der Waals surface area contributed by atoms with Crippen molar-refractivity contribution in [2.24, 2.45) is 13.0 Å². The summed E-state index contributed by atoms with van der Waals surface area (Å²) in [6.07, 6.45) is -0.0906. The van der Waals surface area contributed by atoms with E-state index in [1.54, 1.807) is 11.7 Å². The highest BCUT2D eigenvalue weighted by molar-refractivity contribution is 6.30. The van der Waals surface area contributed by atoms with Crippen LogP contribution in [0.25, 0.3) is 0 Å². The van der Waals surface area contributed by atoms with E-state index in [0.717, 1.165) is 11.3 Å². The number of nitrogens with zero attached hydrogens (tertiary/aromatic N) is 2. The van der Waals surface area contributed by atoms with Gasteiger partial charge in [-0.2, -0.15) is 5.10 Å².